The third-order valence-corrected chi connectivity index (χ3v) is 3.78. The average Bonchev–Trinajstić information content (AvgIpc) is 2.49. The fourth-order valence-corrected chi connectivity index (χ4v) is 2.72. The Morgan fingerprint density at radius 3 is 2.50 bits per heavy atom. The molecular weight excluding hydrogens is 272 g/mol. The first-order valence-corrected chi connectivity index (χ1v) is 7.13. The maximum atomic E-state index is 11.2. The number of ether oxygens (including phenoxy) is 2. The number of benzene rings is 2. The Hall–Kier alpha value is -1.94. The Kier molecular flexibility index (Phi) is 5.07. The number of hydrogen-bond donors (Lipinski definition) is 0. The van der Waals surface area contributed by atoms with Crippen LogP contribution in [0, 0.1) is 0 Å². The lowest BCUT2D eigenvalue weighted by Crippen LogP contribution is -1.97. The van der Waals surface area contributed by atoms with Gasteiger partial charge in [-0.3, -0.25) is 4.79 Å². The van der Waals surface area contributed by atoms with Gasteiger partial charge >= 0.3 is 0 Å². The maximum absolute atomic E-state index is 11.2. The lowest BCUT2D eigenvalue weighted by molar-refractivity contribution is 0.112. The number of methoxy groups -OCH3 is 1. The van der Waals surface area contributed by atoms with E-state index >= 15 is 0 Å². The van der Waals surface area contributed by atoms with Crippen molar-refractivity contribution in [1.29, 1.82) is 0 Å². The largest absolute Gasteiger partial charge is 0.493 e. The number of carbonyl (C=O) groups is 1. The highest BCUT2D eigenvalue weighted by atomic mass is 32.2. The summed E-state index contributed by atoms with van der Waals surface area (Å²) in [4.78, 5) is 13.2. The van der Waals surface area contributed by atoms with E-state index in [2.05, 4.69) is 0 Å². The molecule has 0 aliphatic carbocycles. The van der Waals surface area contributed by atoms with Crippen LogP contribution in [0.4, 0.5) is 0 Å². The van der Waals surface area contributed by atoms with Crippen molar-refractivity contribution in [3.05, 3.63) is 48.0 Å². The molecule has 0 unspecified atom stereocenters. The average molecular weight is 288 g/mol. The summed E-state index contributed by atoms with van der Waals surface area (Å²) in [6.45, 7) is 2.46. The van der Waals surface area contributed by atoms with E-state index in [0.717, 1.165) is 16.1 Å². The highest BCUT2D eigenvalue weighted by molar-refractivity contribution is 7.99. The van der Waals surface area contributed by atoms with Crippen molar-refractivity contribution in [2.75, 3.05) is 13.7 Å². The van der Waals surface area contributed by atoms with Crippen LogP contribution >= 0.6 is 11.8 Å². The van der Waals surface area contributed by atoms with E-state index in [1.807, 2.05) is 43.3 Å². The number of rotatable bonds is 6. The predicted octanol–water partition coefficient (Wildman–Crippen LogP) is 4.06. The Bertz CT molecular complexity index is 582. The van der Waals surface area contributed by atoms with Crippen LogP contribution in [0.1, 0.15) is 17.3 Å². The Balaban J connectivity index is 2.40. The molecule has 2 rings (SSSR count). The quantitative estimate of drug-likeness (QED) is 0.751. The molecule has 0 aromatic heterocycles. The number of aldehydes is 1. The van der Waals surface area contributed by atoms with E-state index in [1.54, 1.807) is 13.2 Å². The molecule has 0 saturated heterocycles. The van der Waals surface area contributed by atoms with Crippen molar-refractivity contribution in [3.8, 4) is 11.5 Å². The van der Waals surface area contributed by atoms with Gasteiger partial charge in [0.25, 0.3) is 0 Å². The van der Waals surface area contributed by atoms with Crippen molar-refractivity contribution in [1.82, 2.24) is 0 Å². The molecule has 20 heavy (non-hydrogen) atoms. The van der Waals surface area contributed by atoms with Crippen molar-refractivity contribution >= 4 is 18.0 Å². The van der Waals surface area contributed by atoms with Crippen molar-refractivity contribution < 1.29 is 14.3 Å². The van der Waals surface area contributed by atoms with Gasteiger partial charge in [-0.05, 0) is 31.2 Å². The van der Waals surface area contributed by atoms with Gasteiger partial charge in [0, 0.05) is 15.4 Å². The number of hydrogen-bond acceptors (Lipinski definition) is 4. The predicted molar refractivity (Wildman–Crippen MR) is 80.1 cm³/mol. The van der Waals surface area contributed by atoms with Crippen molar-refractivity contribution in [3.63, 3.8) is 0 Å². The zero-order valence-corrected chi connectivity index (χ0v) is 12.3. The Labute approximate surface area is 122 Å². The standard InChI is InChI=1S/C16H16O3S/c1-3-19-15-10-16(12(11-17)9-14(15)18-2)20-13-7-5-4-6-8-13/h4-11H,3H2,1-2H3. The summed E-state index contributed by atoms with van der Waals surface area (Å²) in [6, 6.07) is 13.5. The molecule has 0 aliphatic heterocycles. The first-order chi connectivity index (χ1) is 9.78. The Morgan fingerprint density at radius 1 is 1.15 bits per heavy atom. The van der Waals surface area contributed by atoms with Gasteiger partial charge < -0.3 is 9.47 Å². The summed E-state index contributed by atoms with van der Waals surface area (Å²) in [5.41, 5.74) is 0.596. The molecule has 0 atom stereocenters. The molecule has 0 amide bonds. The molecule has 3 nitrogen and oxygen atoms in total. The van der Waals surface area contributed by atoms with E-state index in [4.69, 9.17) is 9.47 Å². The van der Waals surface area contributed by atoms with Gasteiger partial charge in [-0.15, -0.1) is 0 Å². The van der Waals surface area contributed by atoms with Gasteiger partial charge in [-0.2, -0.15) is 0 Å². The van der Waals surface area contributed by atoms with E-state index in [1.165, 1.54) is 11.8 Å². The molecule has 0 bridgehead atoms. The fraction of sp³-hybridized carbons (Fsp3) is 0.188. The molecule has 0 fully saturated rings. The molecule has 0 spiro atoms. The third kappa shape index (κ3) is 3.33. The van der Waals surface area contributed by atoms with Gasteiger partial charge in [-0.25, -0.2) is 0 Å². The molecule has 104 valence electrons. The topological polar surface area (TPSA) is 35.5 Å². The van der Waals surface area contributed by atoms with E-state index in [-0.39, 0.29) is 0 Å². The van der Waals surface area contributed by atoms with Crippen molar-refractivity contribution in [2.45, 2.75) is 16.7 Å². The summed E-state index contributed by atoms with van der Waals surface area (Å²) in [6.07, 6.45) is 0.837. The lowest BCUT2D eigenvalue weighted by Gasteiger charge is -2.13. The van der Waals surface area contributed by atoms with Gasteiger partial charge in [-0.1, -0.05) is 30.0 Å². The Morgan fingerprint density at radius 2 is 1.90 bits per heavy atom. The molecule has 0 N–H and O–H groups in total. The number of carbonyl (C=O) groups excluding carboxylic acids is 1. The minimum Gasteiger partial charge on any atom is -0.493 e. The highest BCUT2D eigenvalue weighted by Gasteiger charge is 2.12. The van der Waals surface area contributed by atoms with Gasteiger partial charge in [0.05, 0.1) is 13.7 Å². The van der Waals surface area contributed by atoms with Crippen LogP contribution in [0.25, 0.3) is 0 Å². The van der Waals surface area contributed by atoms with Crippen LogP contribution < -0.4 is 9.47 Å². The smallest absolute Gasteiger partial charge is 0.162 e. The molecule has 2 aromatic rings. The first kappa shape index (κ1) is 14.5. The molecule has 0 radical (unpaired) electrons. The van der Waals surface area contributed by atoms with Gasteiger partial charge in [0.15, 0.2) is 17.8 Å². The van der Waals surface area contributed by atoms with Crippen LogP contribution in [0.3, 0.4) is 0 Å². The van der Waals surface area contributed by atoms with Gasteiger partial charge in [0.2, 0.25) is 0 Å². The van der Waals surface area contributed by atoms with E-state index < -0.39 is 0 Å². The SMILES string of the molecule is CCOc1cc(Sc2ccccc2)c(C=O)cc1OC. The van der Waals surface area contributed by atoms with Crippen LogP contribution in [-0.2, 0) is 0 Å². The zero-order chi connectivity index (χ0) is 14.4. The molecule has 0 saturated carbocycles. The zero-order valence-electron chi connectivity index (χ0n) is 11.5. The molecule has 0 heterocycles. The second-order valence-corrected chi connectivity index (χ2v) is 5.12. The normalized spacial score (nSPS) is 10.1. The van der Waals surface area contributed by atoms with Crippen LogP contribution in [-0.4, -0.2) is 20.0 Å². The van der Waals surface area contributed by atoms with E-state index in [9.17, 15) is 4.79 Å². The fourth-order valence-electron chi connectivity index (χ4n) is 1.78. The summed E-state index contributed by atoms with van der Waals surface area (Å²) in [5, 5.41) is 0. The monoisotopic (exact) mass is 288 g/mol. The highest BCUT2D eigenvalue weighted by Crippen LogP contribution is 2.37. The second-order valence-electron chi connectivity index (χ2n) is 4.01. The van der Waals surface area contributed by atoms with Crippen LogP contribution in [0.5, 0.6) is 11.5 Å². The van der Waals surface area contributed by atoms with E-state index in [0.29, 0.717) is 23.7 Å². The molecule has 4 heteroatoms. The minimum absolute atomic E-state index is 0.548. The maximum Gasteiger partial charge on any atom is 0.162 e. The van der Waals surface area contributed by atoms with Crippen molar-refractivity contribution in [2.24, 2.45) is 0 Å². The molecule has 0 aliphatic rings. The summed E-state index contributed by atoms with van der Waals surface area (Å²) in [7, 11) is 1.57. The van der Waals surface area contributed by atoms with Gasteiger partial charge in [0.1, 0.15) is 0 Å². The third-order valence-electron chi connectivity index (χ3n) is 2.69. The second kappa shape index (κ2) is 7.01. The summed E-state index contributed by atoms with van der Waals surface area (Å²) < 4.78 is 10.8. The molecule has 2 aromatic carbocycles. The van der Waals surface area contributed by atoms with Crippen LogP contribution in [0.15, 0.2) is 52.3 Å². The summed E-state index contributed by atoms with van der Waals surface area (Å²) >= 11 is 1.53. The molecular formula is C16H16O3S. The summed E-state index contributed by atoms with van der Waals surface area (Å²) in [5.74, 6) is 1.23. The van der Waals surface area contributed by atoms with Crippen LogP contribution in [0.2, 0.25) is 0 Å². The first-order valence-electron chi connectivity index (χ1n) is 6.31. The lowest BCUT2D eigenvalue weighted by atomic mass is 10.2. The minimum atomic E-state index is 0.548.